The number of nitrogens with one attached hydrogen (secondary N) is 1. The summed E-state index contributed by atoms with van der Waals surface area (Å²) in [6.45, 7) is 3.89. The molecule has 2 rings (SSSR count). The Morgan fingerprint density at radius 3 is 2.61 bits per heavy atom. The summed E-state index contributed by atoms with van der Waals surface area (Å²) in [5, 5.41) is 2.84. The number of carbonyl (C=O) groups excluding carboxylic acids is 1. The predicted molar refractivity (Wildman–Crippen MR) is 75.8 cm³/mol. The van der Waals surface area contributed by atoms with E-state index in [-0.39, 0.29) is 5.91 Å². The number of rotatable bonds is 2. The van der Waals surface area contributed by atoms with Crippen molar-refractivity contribution in [2.75, 3.05) is 5.32 Å². The largest absolute Gasteiger partial charge is 0.322 e. The van der Waals surface area contributed by atoms with Crippen molar-refractivity contribution >= 4 is 27.5 Å². The molecule has 1 amide bonds. The van der Waals surface area contributed by atoms with Crippen LogP contribution in [0.5, 0.6) is 0 Å². The van der Waals surface area contributed by atoms with Crippen molar-refractivity contribution in [1.82, 2.24) is 4.98 Å². The molecule has 0 radical (unpaired) electrons. The molecule has 0 bridgehead atoms. The molecule has 0 spiro atoms. The van der Waals surface area contributed by atoms with Crippen LogP contribution in [0.3, 0.4) is 0 Å². The molecule has 1 heterocycles. The van der Waals surface area contributed by atoms with E-state index >= 15 is 0 Å². The SMILES string of the molecule is Cc1ccc(C(=O)Nc2ccc(C)c(Br)c2)cn1. The number of benzene rings is 1. The first-order valence-corrected chi connectivity index (χ1v) is 6.36. The zero-order chi connectivity index (χ0) is 13.1. The number of carbonyl (C=O) groups is 1. The molecule has 1 aromatic heterocycles. The third-order valence-corrected chi connectivity index (χ3v) is 3.46. The Bertz CT molecular complexity index is 579. The van der Waals surface area contributed by atoms with Gasteiger partial charge in [-0.3, -0.25) is 9.78 Å². The molecule has 92 valence electrons. The molecule has 4 heteroatoms. The van der Waals surface area contributed by atoms with Gasteiger partial charge in [-0.2, -0.15) is 0 Å². The van der Waals surface area contributed by atoms with Crippen LogP contribution >= 0.6 is 15.9 Å². The van der Waals surface area contributed by atoms with Crippen LogP contribution < -0.4 is 5.32 Å². The quantitative estimate of drug-likeness (QED) is 0.919. The first kappa shape index (κ1) is 12.8. The van der Waals surface area contributed by atoms with Crippen LogP contribution in [0.25, 0.3) is 0 Å². The van der Waals surface area contributed by atoms with E-state index in [0.29, 0.717) is 5.56 Å². The van der Waals surface area contributed by atoms with Crippen LogP contribution in [-0.2, 0) is 0 Å². The van der Waals surface area contributed by atoms with Gasteiger partial charge in [-0.1, -0.05) is 22.0 Å². The summed E-state index contributed by atoms with van der Waals surface area (Å²) in [4.78, 5) is 16.1. The van der Waals surface area contributed by atoms with Gasteiger partial charge >= 0.3 is 0 Å². The van der Waals surface area contributed by atoms with Gasteiger partial charge in [0.05, 0.1) is 5.56 Å². The van der Waals surface area contributed by atoms with Crippen LogP contribution in [0.4, 0.5) is 5.69 Å². The van der Waals surface area contributed by atoms with Crippen LogP contribution in [-0.4, -0.2) is 10.9 Å². The highest BCUT2D eigenvalue weighted by Crippen LogP contribution is 2.21. The molecule has 0 unspecified atom stereocenters. The number of anilines is 1. The minimum Gasteiger partial charge on any atom is -0.322 e. The molecule has 0 atom stereocenters. The van der Waals surface area contributed by atoms with Gasteiger partial charge in [-0.15, -0.1) is 0 Å². The van der Waals surface area contributed by atoms with Crippen molar-refractivity contribution in [3.05, 3.63) is 57.8 Å². The van der Waals surface area contributed by atoms with Gasteiger partial charge in [0.15, 0.2) is 0 Å². The van der Waals surface area contributed by atoms with E-state index in [9.17, 15) is 4.79 Å². The van der Waals surface area contributed by atoms with E-state index in [4.69, 9.17) is 0 Å². The van der Waals surface area contributed by atoms with Crippen LogP contribution in [0.15, 0.2) is 41.0 Å². The lowest BCUT2D eigenvalue weighted by Crippen LogP contribution is -2.12. The average Bonchev–Trinajstić information content (AvgIpc) is 2.34. The molecule has 1 N–H and O–H groups in total. The lowest BCUT2D eigenvalue weighted by atomic mass is 10.2. The second-order valence-electron chi connectivity index (χ2n) is 4.11. The van der Waals surface area contributed by atoms with Gasteiger partial charge in [0.2, 0.25) is 0 Å². The van der Waals surface area contributed by atoms with E-state index in [1.165, 1.54) is 0 Å². The number of amides is 1. The lowest BCUT2D eigenvalue weighted by Gasteiger charge is -2.07. The third-order valence-electron chi connectivity index (χ3n) is 2.60. The molecule has 2 aromatic rings. The number of pyridine rings is 1. The molecule has 0 aliphatic carbocycles. The molecule has 0 saturated heterocycles. The molecule has 0 aliphatic rings. The summed E-state index contributed by atoms with van der Waals surface area (Å²) < 4.78 is 0.974. The molecule has 0 fully saturated rings. The van der Waals surface area contributed by atoms with Crippen LogP contribution in [0.1, 0.15) is 21.6 Å². The average molecular weight is 305 g/mol. The highest BCUT2D eigenvalue weighted by molar-refractivity contribution is 9.10. The van der Waals surface area contributed by atoms with Crippen LogP contribution in [0.2, 0.25) is 0 Å². The number of aromatic nitrogens is 1. The Morgan fingerprint density at radius 1 is 1.22 bits per heavy atom. The zero-order valence-corrected chi connectivity index (χ0v) is 11.8. The van der Waals surface area contributed by atoms with Gasteiger partial charge in [0.1, 0.15) is 0 Å². The molecular formula is C14H13BrN2O. The fourth-order valence-corrected chi connectivity index (χ4v) is 1.85. The normalized spacial score (nSPS) is 10.2. The number of nitrogens with zero attached hydrogens (tertiary/aromatic N) is 1. The van der Waals surface area contributed by atoms with Gasteiger partial charge in [0.25, 0.3) is 5.91 Å². The Morgan fingerprint density at radius 2 is 2.00 bits per heavy atom. The fraction of sp³-hybridized carbons (Fsp3) is 0.143. The Balaban J connectivity index is 2.16. The van der Waals surface area contributed by atoms with E-state index in [1.54, 1.807) is 12.3 Å². The molecule has 0 saturated carbocycles. The standard InChI is InChI=1S/C14H13BrN2O/c1-9-3-6-12(7-13(9)15)17-14(18)11-5-4-10(2)16-8-11/h3-8H,1-2H3,(H,17,18). The van der Waals surface area contributed by atoms with Gasteiger partial charge in [-0.25, -0.2) is 0 Å². The molecular weight excluding hydrogens is 292 g/mol. The van der Waals surface area contributed by atoms with Crippen molar-refractivity contribution in [1.29, 1.82) is 0 Å². The van der Waals surface area contributed by atoms with Crippen molar-refractivity contribution in [2.45, 2.75) is 13.8 Å². The topological polar surface area (TPSA) is 42.0 Å². The Kier molecular flexibility index (Phi) is 3.77. The Labute approximate surface area is 114 Å². The minimum atomic E-state index is -0.154. The second kappa shape index (κ2) is 5.31. The highest BCUT2D eigenvalue weighted by atomic mass is 79.9. The van der Waals surface area contributed by atoms with E-state index in [0.717, 1.165) is 21.4 Å². The summed E-state index contributed by atoms with van der Waals surface area (Å²) in [6.07, 6.45) is 1.58. The highest BCUT2D eigenvalue weighted by Gasteiger charge is 2.06. The second-order valence-corrected chi connectivity index (χ2v) is 4.96. The summed E-state index contributed by atoms with van der Waals surface area (Å²) >= 11 is 3.44. The lowest BCUT2D eigenvalue weighted by molar-refractivity contribution is 0.102. The van der Waals surface area contributed by atoms with E-state index in [2.05, 4.69) is 26.2 Å². The van der Waals surface area contributed by atoms with Crippen molar-refractivity contribution in [2.24, 2.45) is 0 Å². The maximum Gasteiger partial charge on any atom is 0.257 e. The maximum atomic E-state index is 12.0. The van der Waals surface area contributed by atoms with Crippen molar-refractivity contribution in [3.63, 3.8) is 0 Å². The number of hydrogen-bond donors (Lipinski definition) is 1. The van der Waals surface area contributed by atoms with Crippen LogP contribution in [0, 0.1) is 13.8 Å². The first-order chi connectivity index (χ1) is 8.56. The smallest absolute Gasteiger partial charge is 0.257 e. The molecule has 18 heavy (non-hydrogen) atoms. The Hall–Kier alpha value is -1.68. The van der Waals surface area contributed by atoms with Crippen molar-refractivity contribution < 1.29 is 4.79 Å². The van der Waals surface area contributed by atoms with Gasteiger partial charge in [0, 0.05) is 22.1 Å². The first-order valence-electron chi connectivity index (χ1n) is 5.56. The summed E-state index contributed by atoms with van der Waals surface area (Å²) in [7, 11) is 0. The summed E-state index contributed by atoms with van der Waals surface area (Å²) in [5.74, 6) is -0.154. The fourth-order valence-electron chi connectivity index (χ4n) is 1.48. The van der Waals surface area contributed by atoms with E-state index < -0.39 is 0 Å². The maximum absolute atomic E-state index is 12.0. The minimum absolute atomic E-state index is 0.154. The van der Waals surface area contributed by atoms with Gasteiger partial charge < -0.3 is 5.32 Å². The van der Waals surface area contributed by atoms with Crippen molar-refractivity contribution in [3.8, 4) is 0 Å². The number of halogens is 1. The van der Waals surface area contributed by atoms with E-state index in [1.807, 2.05) is 38.1 Å². The molecule has 1 aromatic carbocycles. The molecule has 0 aliphatic heterocycles. The summed E-state index contributed by atoms with van der Waals surface area (Å²) in [5.41, 5.74) is 3.34. The third kappa shape index (κ3) is 2.96. The zero-order valence-electron chi connectivity index (χ0n) is 10.2. The number of aryl methyl sites for hydroxylation is 2. The number of hydrogen-bond acceptors (Lipinski definition) is 2. The summed E-state index contributed by atoms with van der Waals surface area (Å²) in [6, 6.07) is 9.29. The monoisotopic (exact) mass is 304 g/mol. The molecule has 3 nitrogen and oxygen atoms in total. The van der Waals surface area contributed by atoms with Gasteiger partial charge in [-0.05, 0) is 43.7 Å². The predicted octanol–water partition coefficient (Wildman–Crippen LogP) is 3.71.